The van der Waals surface area contributed by atoms with E-state index in [1.54, 1.807) is 11.0 Å². The fourth-order valence-corrected chi connectivity index (χ4v) is 2.62. The zero-order valence-corrected chi connectivity index (χ0v) is 12.0. The van der Waals surface area contributed by atoms with Gasteiger partial charge in [0.15, 0.2) is 0 Å². The molecule has 0 spiro atoms. The lowest BCUT2D eigenvalue weighted by atomic mass is 9.90. The fraction of sp³-hybridized carbons (Fsp3) is 0.400. The number of nitrogens with zero attached hydrogens (tertiary/aromatic N) is 3. The minimum Gasteiger partial charge on any atom is -0.323 e. The molecule has 2 heterocycles. The van der Waals surface area contributed by atoms with Crippen LogP contribution in [0.4, 0.5) is 5.69 Å². The van der Waals surface area contributed by atoms with Crippen LogP contribution in [0.1, 0.15) is 26.2 Å². The van der Waals surface area contributed by atoms with Crippen LogP contribution in [0.15, 0.2) is 36.9 Å². The maximum Gasteiger partial charge on any atom is 0.244 e. The summed E-state index contributed by atoms with van der Waals surface area (Å²) in [6.45, 7) is 2.84. The molecule has 1 saturated heterocycles. The van der Waals surface area contributed by atoms with Gasteiger partial charge in [-0.05, 0) is 44.9 Å². The molecule has 1 unspecified atom stereocenters. The first-order valence-corrected chi connectivity index (χ1v) is 7.19. The topological polar surface area (TPSA) is 71.8 Å². The number of nitrogens with one attached hydrogen (secondary N) is 2. The van der Waals surface area contributed by atoms with E-state index in [4.69, 9.17) is 0 Å². The van der Waals surface area contributed by atoms with Crippen LogP contribution >= 0.6 is 0 Å². The van der Waals surface area contributed by atoms with Gasteiger partial charge in [-0.3, -0.25) is 4.79 Å². The zero-order valence-electron chi connectivity index (χ0n) is 12.0. The van der Waals surface area contributed by atoms with Crippen LogP contribution < -0.4 is 10.6 Å². The van der Waals surface area contributed by atoms with E-state index in [2.05, 4.69) is 20.7 Å². The predicted octanol–water partition coefficient (Wildman–Crippen LogP) is 1.74. The van der Waals surface area contributed by atoms with Crippen molar-refractivity contribution in [1.29, 1.82) is 0 Å². The van der Waals surface area contributed by atoms with Gasteiger partial charge in [-0.15, -0.1) is 0 Å². The van der Waals surface area contributed by atoms with Crippen LogP contribution in [0.3, 0.4) is 0 Å². The molecule has 0 saturated carbocycles. The van der Waals surface area contributed by atoms with Crippen molar-refractivity contribution < 1.29 is 4.79 Å². The number of hydrogen-bond acceptors (Lipinski definition) is 4. The summed E-state index contributed by atoms with van der Waals surface area (Å²) in [5.41, 5.74) is 1.04. The van der Waals surface area contributed by atoms with Crippen LogP contribution in [-0.2, 0) is 4.79 Å². The van der Waals surface area contributed by atoms with Gasteiger partial charge in [0.05, 0.1) is 16.9 Å². The highest BCUT2D eigenvalue weighted by atomic mass is 16.2. The van der Waals surface area contributed by atoms with Gasteiger partial charge in [-0.25, -0.2) is 9.67 Å². The number of para-hydroxylation sites is 2. The van der Waals surface area contributed by atoms with E-state index < -0.39 is 5.54 Å². The second-order valence-corrected chi connectivity index (χ2v) is 5.53. The molecule has 3 rings (SSSR count). The molecule has 21 heavy (non-hydrogen) atoms. The van der Waals surface area contributed by atoms with Crippen molar-refractivity contribution in [3.05, 3.63) is 36.9 Å². The average molecular weight is 285 g/mol. The molecule has 1 atom stereocenters. The van der Waals surface area contributed by atoms with E-state index in [0.717, 1.165) is 37.2 Å². The zero-order chi connectivity index (χ0) is 14.7. The van der Waals surface area contributed by atoms with Gasteiger partial charge in [-0.1, -0.05) is 12.1 Å². The van der Waals surface area contributed by atoms with E-state index in [0.29, 0.717) is 0 Å². The Labute approximate surface area is 123 Å². The van der Waals surface area contributed by atoms with Crippen molar-refractivity contribution in [1.82, 2.24) is 20.1 Å². The third-order valence-corrected chi connectivity index (χ3v) is 3.94. The minimum absolute atomic E-state index is 0.00485. The highest BCUT2D eigenvalue weighted by Crippen LogP contribution is 2.24. The SMILES string of the molecule is CC1(C(=O)Nc2ccccc2-n2cncn2)CCCCN1. The maximum absolute atomic E-state index is 12.6. The van der Waals surface area contributed by atoms with Gasteiger partial charge in [0.1, 0.15) is 12.7 Å². The number of anilines is 1. The maximum atomic E-state index is 12.6. The highest BCUT2D eigenvalue weighted by Gasteiger charge is 2.34. The second-order valence-electron chi connectivity index (χ2n) is 5.53. The molecule has 1 aromatic heterocycles. The van der Waals surface area contributed by atoms with Crippen LogP contribution in [0.25, 0.3) is 5.69 Å². The van der Waals surface area contributed by atoms with Crippen molar-refractivity contribution in [2.24, 2.45) is 0 Å². The average Bonchev–Trinajstić information content (AvgIpc) is 3.02. The van der Waals surface area contributed by atoms with Crippen LogP contribution in [0, 0.1) is 0 Å². The Morgan fingerprint density at radius 2 is 2.24 bits per heavy atom. The van der Waals surface area contributed by atoms with Crippen molar-refractivity contribution in [2.45, 2.75) is 31.7 Å². The minimum atomic E-state index is -0.506. The number of carbonyl (C=O) groups excluding carboxylic acids is 1. The number of amides is 1. The monoisotopic (exact) mass is 285 g/mol. The molecule has 1 aromatic carbocycles. The Balaban J connectivity index is 1.83. The lowest BCUT2D eigenvalue weighted by Crippen LogP contribution is -2.54. The molecule has 2 aromatic rings. The van der Waals surface area contributed by atoms with Crippen molar-refractivity contribution in [3.8, 4) is 5.69 Å². The Morgan fingerprint density at radius 1 is 1.38 bits per heavy atom. The van der Waals surface area contributed by atoms with Crippen molar-refractivity contribution in [3.63, 3.8) is 0 Å². The number of piperidine rings is 1. The quantitative estimate of drug-likeness (QED) is 0.901. The smallest absolute Gasteiger partial charge is 0.244 e. The van der Waals surface area contributed by atoms with Gasteiger partial charge < -0.3 is 10.6 Å². The molecule has 110 valence electrons. The Bertz CT molecular complexity index is 617. The molecular formula is C15H19N5O. The number of benzene rings is 1. The summed E-state index contributed by atoms with van der Waals surface area (Å²) in [4.78, 5) is 16.5. The number of aromatic nitrogens is 3. The molecule has 1 fully saturated rings. The lowest BCUT2D eigenvalue weighted by Gasteiger charge is -2.33. The lowest BCUT2D eigenvalue weighted by molar-refractivity contribution is -0.122. The summed E-state index contributed by atoms with van der Waals surface area (Å²) in [5.74, 6) is -0.00485. The van der Waals surface area contributed by atoms with E-state index >= 15 is 0 Å². The van der Waals surface area contributed by atoms with Gasteiger partial charge >= 0.3 is 0 Å². The first-order valence-electron chi connectivity index (χ1n) is 7.19. The van der Waals surface area contributed by atoms with Gasteiger partial charge in [0.25, 0.3) is 0 Å². The van der Waals surface area contributed by atoms with E-state index in [1.165, 1.54) is 6.33 Å². The molecule has 2 N–H and O–H groups in total. The highest BCUT2D eigenvalue weighted by molar-refractivity contribution is 5.99. The summed E-state index contributed by atoms with van der Waals surface area (Å²) in [7, 11) is 0. The van der Waals surface area contributed by atoms with E-state index in [9.17, 15) is 4.79 Å². The van der Waals surface area contributed by atoms with Crippen molar-refractivity contribution in [2.75, 3.05) is 11.9 Å². The molecule has 0 aliphatic carbocycles. The van der Waals surface area contributed by atoms with Gasteiger partial charge in [0, 0.05) is 0 Å². The van der Waals surface area contributed by atoms with E-state index in [1.807, 2.05) is 31.2 Å². The summed E-state index contributed by atoms with van der Waals surface area (Å²) < 4.78 is 1.65. The summed E-state index contributed by atoms with van der Waals surface area (Å²) in [5, 5.41) is 10.5. The molecule has 1 amide bonds. The summed E-state index contributed by atoms with van der Waals surface area (Å²) in [6, 6.07) is 7.59. The number of carbonyl (C=O) groups is 1. The fourth-order valence-electron chi connectivity index (χ4n) is 2.62. The molecular weight excluding hydrogens is 266 g/mol. The summed E-state index contributed by atoms with van der Waals surface area (Å²) in [6.07, 6.45) is 6.14. The van der Waals surface area contributed by atoms with E-state index in [-0.39, 0.29) is 5.91 Å². The standard InChI is InChI=1S/C15H19N5O/c1-15(8-4-5-9-17-15)14(21)19-12-6-2-3-7-13(12)20-11-16-10-18-20/h2-3,6-7,10-11,17H,4-5,8-9H2,1H3,(H,19,21). The van der Waals surface area contributed by atoms with Crippen LogP contribution in [0.2, 0.25) is 0 Å². The molecule has 0 bridgehead atoms. The number of rotatable bonds is 3. The first kappa shape index (κ1) is 13.8. The molecule has 6 heteroatoms. The predicted molar refractivity (Wildman–Crippen MR) is 80.2 cm³/mol. The van der Waals surface area contributed by atoms with Crippen LogP contribution in [0.5, 0.6) is 0 Å². The molecule has 0 radical (unpaired) electrons. The molecule has 1 aliphatic heterocycles. The first-order chi connectivity index (χ1) is 10.2. The summed E-state index contributed by atoms with van der Waals surface area (Å²) >= 11 is 0. The molecule has 1 aliphatic rings. The van der Waals surface area contributed by atoms with Gasteiger partial charge in [-0.2, -0.15) is 5.10 Å². The number of hydrogen-bond donors (Lipinski definition) is 2. The van der Waals surface area contributed by atoms with Crippen LogP contribution in [-0.4, -0.2) is 32.8 Å². The normalized spacial score (nSPS) is 22.0. The largest absolute Gasteiger partial charge is 0.323 e. The second kappa shape index (κ2) is 5.65. The Kier molecular flexibility index (Phi) is 3.70. The third-order valence-electron chi connectivity index (χ3n) is 3.94. The van der Waals surface area contributed by atoms with Gasteiger partial charge in [0.2, 0.25) is 5.91 Å². The molecule has 6 nitrogen and oxygen atoms in total. The van der Waals surface area contributed by atoms with Crippen molar-refractivity contribution >= 4 is 11.6 Å². The Morgan fingerprint density at radius 3 is 2.95 bits per heavy atom. The third kappa shape index (κ3) is 2.80. The Hall–Kier alpha value is -2.21.